The van der Waals surface area contributed by atoms with Crippen LogP contribution in [0.25, 0.3) is 0 Å². The van der Waals surface area contributed by atoms with Crippen molar-refractivity contribution in [3.05, 3.63) is 28.7 Å². The predicted molar refractivity (Wildman–Crippen MR) is 87.3 cm³/mol. The zero-order chi connectivity index (χ0) is 17.3. The van der Waals surface area contributed by atoms with Gasteiger partial charge in [-0.1, -0.05) is 13.0 Å². The van der Waals surface area contributed by atoms with Gasteiger partial charge in [0.25, 0.3) is 0 Å². The lowest BCUT2D eigenvalue weighted by Gasteiger charge is -2.27. The van der Waals surface area contributed by atoms with Gasteiger partial charge < -0.3 is 20.0 Å². The Bertz CT molecular complexity index is 532. The first-order valence-electron chi connectivity index (χ1n) is 7.28. The Labute approximate surface area is 135 Å². The molecule has 3 N–H and O–H groups in total. The van der Waals surface area contributed by atoms with Crippen molar-refractivity contribution in [3.8, 4) is 0 Å². The molecule has 128 valence electrons. The van der Waals surface area contributed by atoms with Crippen molar-refractivity contribution in [2.75, 3.05) is 37.5 Å². The van der Waals surface area contributed by atoms with Gasteiger partial charge >= 0.3 is 6.09 Å². The summed E-state index contributed by atoms with van der Waals surface area (Å²) in [5.41, 5.74) is 1.68. The molecular formula is C15H23N3O5. The van der Waals surface area contributed by atoms with E-state index in [0.717, 1.165) is 11.3 Å². The second kappa shape index (κ2) is 8.94. The van der Waals surface area contributed by atoms with Crippen LogP contribution in [0, 0.1) is 17.2 Å². The molecule has 8 heteroatoms. The molecule has 0 fully saturated rings. The van der Waals surface area contributed by atoms with Gasteiger partial charge in [-0.3, -0.25) is 5.32 Å². The molecule has 1 rings (SSSR count). The van der Waals surface area contributed by atoms with E-state index in [1.165, 1.54) is 0 Å². The van der Waals surface area contributed by atoms with E-state index in [2.05, 4.69) is 20.8 Å². The van der Waals surface area contributed by atoms with E-state index in [1.54, 1.807) is 26.1 Å². The van der Waals surface area contributed by atoms with Crippen LogP contribution in [0.5, 0.6) is 0 Å². The van der Waals surface area contributed by atoms with E-state index < -0.39 is 11.5 Å². The highest BCUT2D eigenvalue weighted by atomic mass is 16.7. The minimum absolute atomic E-state index is 0.0912. The number of aliphatic hydroxyl groups is 1. The third kappa shape index (κ3) is 5.41. The lowest BCUT2D eigenvalue weighted by atomic mass is 9.88. The summed E-state index contributed by atoms with van der Waals surface area (Å²) in [5, 5.41) is 17.4. The average molecular weight is 325 g/mol. The van der Waals surface area contributed by atoms with Crippen LogP contribution in [0.4, 0.5) is 16.2 Å². The summed E-state index contributed by atoms with van der Waals surface area (Å²) in [4.78, 5) is 26.4. The molecular weight excluding hydrogens is 302 g/mol. The fourth-order valence-corrected chi connectivity index (χ4v) is 1.95. The van der Waals surface area contributed by atoms with Gasteiger partial charge in [-0.2, -0.15) is 0 Å². The number of hydrogen-bond acceptors (Lipinski definition) is 7. The maximum Gasteiger partial charge on any atom is 0.411 e. The Kier molecular flexibility index (Phi) is 7.27. The molecule has 8 nitrogen and oxygen atoms in total. The highest BCUT2D eigenvalue weighted by Crippen LogP contribution is 2.23. The summed E-state index contributed by atoms with van der Waals surface area (Å²) in [6.07, 6.45) is -0.193. The number of nitrogens with one attached hydrogen (secondary N) is 2. The van der Waals surface area contributed by atoms with Crippen molar-refractivity contribution in [3.63, 3.8) is 0 Å². The number of aryl methyl sites for hydroxylation is 1. The number of benzene rings is 1. The Morgan fingerprint density at radius 1 is 1.39 bits per heavy atom. The van der Waals surface area contributed by atoms with Crippen molar-refractivity contribution >= 4 is 17.5 Å². The minimum atomic E-state index is -0.853. The smallest absolute Gasteiger partial charge is 0.411 e. The summed E-state index contributed by atoms with van der Waals surface area (Å²) in [6.45, 7) is 3.24. The monoisotopic (exact) mass is 325 g/mol. The van der Waals surface area contributed by atoms with Crippen molar-refractivity contribution < 1.29 is 19.5 Å². The molecule has 0 saturated carbocycles. The van der Waals surface area contributed by atoms with E-state index in [4.69, 9.17) is 4.74 Å². The van der Waals surface area contributed by atoms with Crippen LogP contribution < -0.4 is 10.6 Å². The fourth-order valence-electron chi connectivity index (χ4n) is 1.95. The second-order valence-electron chi connectivity index (χ2n) is 5.34. The number of anilines is 2. The van der Waals surface area contributed by atoms with Crippen LogP contribution in [0.15, 0.2) is 23.5 Å². The standard InChI is InChI=1S/C15H23N3O5/c1-4-15(8-19,10-23-18-21)9-22-14(20)17-12-6-5-11(2)13(7-12)16-3/h5-7,16,19H,4,8-10H2,1-3H3,(H,17,20). The van der Waals surface area contributed by atoms with Gasteiger partial charge in [0.2, 0.25) is 0 Å². The van der Waals surface area contributed by atoms with Crippen LogP contribution >= 0.6 is 0 Å². The highest BCUT2D eigenvalue weighted by molar-refractivity contribution is 5.85. The number of aliphatic hydroxyl groups excluding tert-OH is 1. The third-order valence-corrected chi connectivity index (χ3v) is 3.77. The van der Waals surface area contributed by atoms with Gasteiger partial charge in [0.15, 0.2) is 5.34 Å². The zero-order valence-electron chi connectivity index (χ0n) is 13.6. The third-order valence-electron chi connectivity index (χ3n) is 3.77. The van der Waals surface area contributed by atoms with Crippen LogP contribution in [-0.2, 0) is 9.57 Å². The summed E-state index contributed by atoms with van der Waals surface area (Å²) >= 11 is 0. The fraction of sp³-hybridized carbons (Fsp3) is 0.533. The normalized spacial score (nSPS) is 12.9. The SMILES string of the molecule is CCC(CO)(CON=O)COC(=O)Nc1ccc(C)c(NC)c1. The van der Waals surface area contributed by atoms with Crippen molar-refractivity contribution in [1.82, 2.24) is 0 Å². The number of ether oxygens (including phenoxy) is 1. The van der Waals surface area contributed by atoms with Gasteiger partial charge in [0.05, 0.1) is 12.0 Å². The van der Waals surface area contributed by atoms with Gasteiger partial charge in [0.1, 0.15) is 13.2 Å². The van der Waals surface area contributed by atoms with E-state index in [1.807, 2.05) is 13.0 Å². The van der Waals surface area contributed by atoms with Crippen molar-refractivity contribution in [2.45, 2.75) is 20.3 Å². The highest BCUT2D eigenvalue weighted by Gasteiger charge is 2.31. The number of carbonyl (C=O) groups excluding carboxylic acids is 1. The van der Waals surface area contributed by atoms with Gasteiger partial charge in [-0.25, -0.2) is 4.79 Å². The van der Waals surface area contributed by atoms with E-state index in [-0.39, 0.29) is 19.8 Å². The lowest BCUT2D eigenvalue weighted by molar-refractivity contribution is -0.0324. The second-order valence-corrected chi connectivity index (χ2v) is 5.34. The molecule has 23 heavy (non-hydrogen) atoms. The zero-order valence-corrected chi connectivity index (χ0v) is 13.6. The van der Waals surface area contributed by atoms with E-state index in [0.29, 0.717) is 12.1 Å². The molecule has 0 spiro atoms. The minimum Gasteiger partial charge on any atom is -0.448 e. The maximum atomic E-state index is 11.9. The Hall–Kier alpha value is -2.35. The van der Waals surface area contributed by atoms with Gasteiger partial charge in [0, 0.05) is 18.4 Å². The van der Waals surface area contributed by atoms with Crippen LogP contribution in [0.2, 0.25) is 0 Å². The maximum absolute atomic E-state index is 11.9. The lowest BCUT2D eigenvalue weighted by Crippen LogP contribution is -2.36. The molecule has 0 aliphatic carbocycles. The van der Waals surface area contributed by atoms with Crippen LogP contribution in [-0.4, -0.2) is 38.1 Å². The topological polar surface area (TPSA) is 109 Å². The molecule has 0 aliphatic heterocycles. The molecule has 0 heterocycles. The quantitative estimate of drug-likeness (QED) is 0.476. The summed E-state index contributed by atoms with van der Waals surface area (Å²) in [5.74, 6) is 0. The van der Waals surface area contributed by atoms with E-state index >= 15 is 0 Å². The van der Waals surface area contributed by atoms with Crippen molar-refractivity contribution in [2.24, 2.45) is 10.8 Å². The summed E-state index contributed by atoms with van der Waals surface area (Å²) in [6, 6.07) is 5.42. The van der Waals surface area contributed by atoms with Crippen molar-refractivity contribution in [1.29, 1.82) is 0 Å². The molecule has 1 unspecified atom stereocenters. The molecule has 0 aliphatic rings. The molecule has 0 aromatic heterocycles. The van der Waals surface area contributed by atoms with Gasteiger partial charge in [-0.15, -0.1) is 4.91 Å². The first-order chi connectivity index (χ1) is 11.0. The Morgan fingerprint density at radius 2 is 2.13 bits per heavy atom. The summed E-state index contributed by atoms with van der Waals surface area (Å²) in [7, 11) is 1.79. The number of rotatable bonds is 9. The van der Waals surface area contributed by atoms with Crippen LogP contribution in [0.3, 0.4) is 0 Å². The summed E-state index contributed by atoms with van der Waals surface area (Å²) < 4.78 is 5.14. The average Bonchev–Trinajstić information content (AvgIpc) is 2.57. The number of hydrogen-bond donors (Lipinski definition) is 3. The molecule has 0 bridgehead atoms. The number of carbonyl (C=O) groups is 1. The first-order valence-corrected chi connectivity index (χ1v) is 7.28. The Morgan fingerprint density at radius 3 is 2.70 bits per heavy atom. The number of nitrogens with zero attached hydrogens (tertiary/aromatic N) is 1. The molecule has 1 amide bonds. The molecule has 0 radical (unpaired) electrons. The molecule has 0 saturated heterocycles. The number of amides is 1. The molecule has 1 aromatic rings. The predicted octanol–water partition coefficient (Wildman–Crippen LogP) is 2.67. The van der Waals surface area contributed by atoms with Gasteiger partial charge in [-0.05, 0) is 31.0 Å². The molecule has 1 atom stereocenters. The first kappa shape index (κ1) is 18.7. The molecule has 1 aromatic carbocycles. The van der Waals surface area contributed by atoms with Crippen LogP contribution in [0.1, 0.15) is 18.9 Å². The largest absolute Gasteiger partial charge is 0.448 e. The van der Waals surface area contributed by atoms with E-state index in [9.17, 15) is 14.8 Å². The Balaban J connectivity index is 2.63.